The van der Waals surface area contributed by atoms with Gasteiger partial charge in [-0.25, -0.2) is 0 Å². The van der Waals surface area contributed by atoms with E-state index in [0.29, 0.717) is 0 Å². The summed E-state index contributed by atoms with van der Waals surface area (Å²) in [5.41, 5.74) is 11.0. The number of nitrogens with one attached hydrogen (secondary N) is 1. The molecule has 6 aromatic carbocycles. The fraction of sp³-hybridized carbons (Fsp3) is 0. The topological polar surface area (TPSA) is 17.0 Å². The summed E-state index contributed by atoms with van der Waals surface area (Å²) in [7, 11) is 0. The van der Waals surface area contributed by atoms with Gasteiger partial charge in [-0.2, -0.15) is 0 Å². The van der Waals surface area contributed by atoms with Crippen LogP contribution in [-0.2, 0) is 0 Å². The maximum Gasteiger partial charge on any atom is 0.0541 e. The van der Waals surface area contributed by atoms with Crippen molar-refractivity contribution in [1.82, 2.24) is 4.57 Å². The molecule has 1 aliphatic heterocycles. The van der Waals surface area contributed by atoms with E-state index in [1.54, 1.807) is 0 Å². The minimum absolute atomic E-state index is 1.17. The number of fused-ring (bicyclic) bond motifs is 5. The van der Waals surface area contributed by atoms with Crippen LogP contribution >= 0.6 is 0 Å². The molecule has 2 nitrogen and oxygen atoms in total. The molecule has 2 heteroatoms. The maximum atomic E-state index is 3.66. The zero-order valence-corrected chi connectivity index (χ0v) is 19.6. The Labute approximate surface area is 209 Å². The molecule has 0 amide bonds. The second-order valence-corrected chi connectivity index (χ2v) is 9.48. The molecule has 0 aliphatic carbocycles. The Kier molecular flexibility index (Phi) is 3.97. The van der Waals surface area contributed by atoms with E-state index in [4.69, 9.17) is 0 Å². The van der Waals surface area contributed by atoms with Crippen LogP contribution in [0.5, 0.6) is 0 Å². The quantitative estimate of drug-likeness (QED) is 0.273. The van der Waals surface area contributed by atoms with Crippen LogP contribution in [0.4, 0.5) is 11.4 Å². The molecule has 2 heterocycles. The summed E-state index contributed by atoms with van der Waals surface area (Å²) in [6, 6.07) is 46.0. The second-order valence-electron chi connectivity index (χ2n) is 9.48. The molecule has 0 saturated heterocycles. The van der Waals surface area contributed by atoms with Gasteiger partial charge in [-0.1, -0.05) is 84.9 Å². The first kappa shape index (κ1) is 19.5. The van der Waals surface area contributed by atoms with E-state index in [0.717, 1.165) is 0 Å². The average Bonchev–Trinajstić information content (AvgIpc) is 3.27. The molecule has 1 N–H and O–H groups in total. The van der Waals surface area contributed by atoms with Crippen molar-refractivity contribution in [3.05, 3.63) is 127 Å². The van der Waals surface area contributed by atoms with Crippen LogP contribution in [-0.4, -0.2) is 4.57 Å². The predicted molar refractivity (Wildman–Crippen MR) is 152 cm³/mol. The van der Waals surface area contributed by atoms with E-state index in [1.165, 1.54) is 71.9 Å². The highest BCUT2D eigenvalue weighted by Crippen LogP contribution is 2.46. The van der Waals surface area contributed by atoms with Crippen molar-refractivity contribution in [2.24, 2.45) is 0 Å². The van der Waals surface area contributed by atoms with E-state index in [2.05, 4.69) is 137 Å². The smallest absolute Gasteiger partial charge is 0.0541 e. The van der Waals surface area contributed by atoms with Crippen LogP contribution in [0.3, 0.4) is 0 Å². The summed E-state index contributed by atoms with van der Waals surface area (Å²) in [5, 5.41) is 8.77. The van der Waals surface area contributed by atoms with Gasteiger partial charge in [0.1, 0.15) is 0 Å². The van der Waals surface area contributed by atoms with Crippen LogP contribution in [0, 0.1) is 0 Å². The molecule has 36 heavy (non-hydrogen) atoms. The first-order chi connectivity index (χ1) is 17.9. The molecule has 0 atom stereocenters. The number of anilines is 2. The highest BCUT2D eigenvalue weighted by molar-refractivity contribution is 6.16. The van der Waals surface area contributed by atoms with Crippen LogP contribution in [0.15, 0.2) is 127 Å². The Morgan fingerprint density at radius 3 is 2.11 bits per heavy atom. The first-order valence-electron chi connectivity index (χ1n) is 12.4. The van der Waals surface area contributed by atoms with Crippen molar-refractivity contribution in [3.8, 4) is 27.9 Å². The van der Waals surface area contributed by atoms with Gasteiger partial charge in [0, 0.05) is 38.8 Å². The van der Waals surface area contributed by atoms with Gasteiger partial charge in [-0.3, -0.25) is 0 Å². The van der Waals surface area contributed by atoms with Gasteiger partial charge in [0.05, 0.1) is 11.0 Å². The van der Waals surface area contributed by atoms with Crippen molar-refractivity contribution < 1.29 is 0 Å². The van der Waals surface area contributed by atoms with Gasteiger partial charge in [0.15, 0.2) is 0 Å². The minimum Gasteiger partial charge on any atom is -0.354 e. The number of benzene rings is 6. The molecule has 0 fully saturated rings. The molecule has 0 radical (unpaired) electrons. The van der Waals surface area contributed by atoms with Gasteiger partial charge >= 0.3 is 0 Å². The van der Waals surface area contributed by atoms with Crippen molar-refractivity contribution in [3.63, 3.8) is 0 Å². The molecular formula is C34H22N2. The molecule has 1 aromatic heterocycles. The number of aromatic nitrogens is 1. The maximum absolute atomic E-state index is 3.66. The third-order valence-electron chi connectivity index (χ3n) is 7.53. The fourth-order valence-corrected chi connectivity index (χ4v) is 5.95. The summed E-state index contributed by atoms with van der Waals surface area (Å²) in [5.74, 6) is 0. The van der Waals surface area contributed by atoms with Gasteiger partial charge in [0.2, 0.25) is 0 Å². The van der Waals surface area contributed by atoms with Crippen LogP contribution in [0.25, 0.3) is 60.5 Å². The molecule has 0 saturated carbocycles. The third-order valence-corrected chi connectivity index (χ3v) is 7.53. The number of hydrogen-bond acceptors (Lipinski definition) is 1. The summed E-state index contributed by atoms with van der Waals surface area (Å²) in [6.45, 7) is 0. The molecule has 0 bridgehead atoms. The summed E-state index contributed by atoms with van der Waals surface area (Å²) < 4.78 is 2.37. The van der Waals surface area contributed by atoms with Crippen molar-refractivity contribution in [2.45, 2.75) is 0 Å². The van der Waals surface area contributed by atoms with E-state index in [-0.39, 0.29) is 0 Å². The Hall–Kier alpha value is -4.82. The molecular weight excluding hydrogens is 436 g/mol. The van der Waals surface area contributed by atoms with Gasteiger partial charge in [-0.15, -0.1) is 0 Å². The lowest BCUT2D eigenvalue weighted by Crippen LogP contribution is -2.01. The van der Waals surface area contributed by atoms with E-state index < -0.39 is 0 Å². The van der Waals surface area contributed by atoms with E-state index in [9.17, 15) is 0 Å². The highest BCUT2D eigenvalue weighted by Gasteiger charge is 2.20. The SMILES string of the molecule is c1ccc(-n2c3ccccc3c3cc(-c4ccc5c6c(cccc46)Nc4ccccc4-5)ccc32)cc1. The zero-order valence-electron chi connectivity index (χ0n) is 19.6. The van der Waals surface area contributed by atoms with Gasteiger partial charge < -0.3 is 9.88 Å². The molecule has 7 aromatic rings. The van der Waals surface area contributed by atoms with Crippen LogP contribution in [0.2, 0.25) is 0 Å². The standard InChI is InChI=1S/C34H22N2/c1-2-9-23(10-3-1)36-32-16-7-5-12-26(32)29-21-22(17-20-33(29)36)24-18-19-28-25-11-4-6-14-30(25)35-31-15-8-13-27(24)34(28)31/h1-21,35H. The van der Waals surface area contributed by atoms with E-state index in [1.807, 2.05) is 0 Å². The Morgan fingerprint density at radius 1 is 0.444 bits per heavy atom. The Morgan fingerprint density at radius 2 is 1.17 bits per heavy atom. The van der Waals surface area contributed by atoms with Crippen molar-refractivity contribution in [2.75, 3.05) is 5.32 Å². The lowest BCUT2D eigenvalue weighted by Gasteiger charge is -2.23. The lowest BCUT2D eigenvalue weighted by atomic mass is 9.88. The molecule has 1 aliphatic rings. The Bertz CT molecular complexity index is 1960. The lowest BCUT2D eigenvalue weighted by molar-refractivity contribution is 1.18. The number of rotatable bonds is 2. The molecule has 0 unspecified atom stereocenters. The Balaban J connectivity index is 1.40. The number of hydrogen-bond donors (Lipinski definition) is 1. The third kappa shape index (κ3) is 2.67. The largest absolute Gasteiger partial charge is 0.354 e. The van der Waals surface area contributed by atoms with E-state index >= 15 is 0 Å². The average molecular weight is 459 g/mol. The normalized spacial score (nSPS) is 12.1. The van der Waals surface area contributed by atoms with Crippen LogP contribution in [0.1, 0.15) is 0 Å². The van der Waals surface area contributed by atoms with Gasteiger partial charge in [0.25, 0.3) is 0 Å². The summed E-state index contributed by atoms with van der Waals surface area (Å²) in [6.07, 6.45) is 0. The van der Waals surface area contributed by atoms with Gasteiger partial charge in [-0.05, 0) is 64.5 Å². The predicted octanol–water partition coefficient (Wildman–Crippen LogP) is 9.33. The summed E-state index contributed by atoms with van der Waals surface area (Å²) >= 11 is 0. The monoisotopic (exact) mass is 458 g/mol. The second kappa shape index (κ2) is 7.34. The number of para-hydroxylation sites is 3. The van der Waals surface area contributed by atoms with Crippen LogP contribution < -0.4 is 5.32 Å². The molecule has 8 rings (SSSR count). The minimum atomic E-state index is 1.17. The molecule has 168 valence electrons. The van der Waals surface area contributed by atoms with Crippen molar-refractivity contribution in [1.29, 1.82) is 0 Å². The van der Waals surface area contributed by atoms with Crippen molar-refractivity contribution >= 4 is 44.0 Å². The summed E-state index contributed by atoms with van der Waals surface area (Å²) in [4.78, 5) is 0. The first-order valence-corrected chi connectivity index (χ1v) is 12.4. The highest BCUT2D eigenvalue weighted by atomic mass is 15.0. The number of nitrogens with zero attached hydrogens (tertiary/aromatic N) is 1. The zero-order chi connectivity index (χ0) is 23.6. The molecule has 0 spiro atoms. The fourth-order valence-electron chi connectivity index (χ4n) is 5.95.